The van der Waals surface area contributed by atoms with Crippen molar-refractivity contribution in [1.29, 1.82) is 0 Å². The Morgan fingerprint density at radius 3 is 1.36 bits per heavy atom. The van der Waals surface area contributed by atoms with Crippen molar-refractivity contribution in [1.82, 2.24) is 53.2 Å². The van der Waals surface area contributed by atoms with Crippen LogP contribution < -0.4 is 53.2 Å². The number of carbonyl (C=O) groups is 12. The molecular formula is C64H114N10O17. The molecule has 27 heteroatoms. The van der Waals surface area contributed by atoms with E-state index in [1.54, 1.807) is 69.2 Å². The van der Waals surface area contributed by atoms with Crippen molar-refractivity contribution in [2.24, 2.45) is 35.5 Å². The molecule has 0 radical (unpaired) electrons. The van der Waals surface area contributed by atoms with Gasteiger partial charge in [0.05, 0.1) is 25.7 Å². The summed E-state index contributed by atoms with van der Waals surface area (Å²) in [5.74, 6) is -14.7. The lowest BCUT2D eigenvalue weighted by Crippen LogP contribution is -2.63. The van der Waals surface area contributed by atoms with Gasteiger partial charge in [-0.1, -0.05) is 154 Å². The molecule has 1 saturated heterocycles. The first-order valence-corrected chi connectivity index (χ1v) is 33.0. The van der Waals surface area contributed by atoms with Crippen LogP contribution in [0.4, 0.5) is 0 Å². The highest BCUT2D eigenvalue weighted by Crippen LogP contribution is 2.18. The van der Waals surface area contributed by atoms with Gasteiger partial charge < -0.3 is 78.3 Å². The summed E-state index contributed by atoms with van der Waals surface area (Å²) < 4.78 is 5.85. The second-order valence-electron chi connectivity index (χ2n) is 26.5. The molecule has 1 fully saturated rings. The first-order valence-electron chi connectivity index (χ1n) is 33.0. The number of aliphatic hydroxyl groups is 3. The van der Waals surface area contributed by atoms with Crippen LogP contribution in [-0.4, -0.2) is 177 Å². The summed E-state index contributed by atoms with van der Waals surface area (Å²) in [6.45, 7) is 21.8. The number of carboxylic acid groups (broad SMARTS) is 1. The second-order valence-corrected chi connectivity index (χ2v) is 26.5. The molecule has 0 aromatic heterocycles. The van der Waals surface area contributed by atoms with Crippen LogP contribution in [0.3, 0.4) is 0 Å². The average Bonchev–Trinajstić information content (AvgIpc) is 1.67. The summed E-state index contributed by atoms with van der Waals surface area (Å²) >= 11 is 0. The molecule has 1 aliphatic rings. The van der Waals surface area contributed by atoms with Crippen molar-refractivity contribution in [3.63, 3.8) is 0 Å². The van der Waals surface area contributed by atoms with Gasteiger partial charge in [-0.05, 0) is 81.0 Å². The Morgan fingerprint density at radius 1 is 0.505 bits per heavy atom. The molecule has 13 atom stereocenters. The number of nitrogens with one attached hydrogen (secondary N) is 10. The van der Waals surface area contributed by atoms with Crippen LogP contribution in [-0.2, 0) is 62.3 Å². The fourth-order valence-corrected chi connectivity index (χ4v) is 10.3. The van der Waals surface area contributed by atoms with E-state index in [2.05, 4.69) is 60.1 Å². The average molecular weight is 1300 g/mol. The van der Waals surface area contributed by atoms with Crippen LogP contribution >= 0.6 is 0 Å². The largest absolute Gasteiger partial charge is 0.481 e. The number of esters is 1. The zero-order valence-corrected chi connectivity index (χ0v) is 56.6. The topological polar surface area (TPSA) is 415 Å². The molecular weight excluding hydrogens is 1180 g/mol. The molecule has 1 heterocycles. The summed E-state index contributed by atoms with van der Waals surface area (Å²) in [6.07, 6.45) is 5.80. The number of aliphatic carboxylic acids is 1. The monoisotopic (exact) mass is 1290 g/mol. The van der Waals surface area contributed by atoms with Gasteiger partial charge in [-0.15, -0.1) is 0 Å². The summed E-state index contributed by atoms with van der Waals surface area (Å²) in [7, 11) is 0. The molecule has 0 aliphatic carbocycles. The Hall–Kier alpha value is -6.48. The zero-order valence-electron chi connectivity index (χ0n) is 56.6. The van der Waals surface area contributed by atoms with Crippen LogP contribution in [0.5, 0.6) is 0 Å². The highest BCUT2D eigenvalue weighted by molar-refractivity contribution is 5.99. The van der Waals surface area contributed by atoms with E-state index in [9.17, 15) is 78.0 Å². The van der Waals surface area contributed by atoms with Crippen molar-refractivity contribution in [2.45, 2.75) is 285 Å². The minimum absolute atomic E-state index is 0.00513. The Bertz CT molecular complexity index is 2340. The van der Waals surface area contributed by atoms with Crippen LogP contribution in [0.25, 0.3) is 0 Å². The number of carboxylic acids is 1. The van der Waals surface area contributed by atoms with Gasteiger partial charge in [-0.25, -0.2) is 4.79 Å². The molecule has 0 spiro atoms. The predicted molar refractivity (Wildman–Crippen MR) is 340 cm³/mol. The molecule has 91 heavy (non-hydrogen) atoms. The highest BCUT2D eigenvalue weighted by atomic mass is 16.5. The van der Waals surface area contributed by atoms with E-state index in [0.717, 1.165) is 32.1 Å². The van der Waals surface area contributed by atoms with Gasteiger partial charge in [0.1, 0.15) is 66.5 Å². The van der Waals surface area contributed by atoms with Gasteiger partial charge in [0.15, 0.2) is 0 Å². The van der Waals surface area contributed by atoms with Crippen molar-refractivity contribution >= 4 is 71.0 Å². The number of carbonyl (C=O) groups excluding carboxylic acids is 11. The number of cyclic esters (lactones) is 1. The second kappa shape index (κ2) is 43.4. The third kappa shape index (κ3) is 32.1. The molecule has 27 nitrogen and oxygen atoms in total. The molecule has 1 aliphatic heterocycles. The first kappa shape index (κ1) is 82.5. The van der Waals surface area contributed by atoms with E-state index in [4.69, 9.17) is 4.74 Å². The standard InChI is InChI=1S/C64H114N10O17/c1-15-17-18-19-20-21-22-23-24-25-42(77)32-50(78)65-44(28-35(3)4)56(82)66-43(26-27-51(79)80)55(81)74-54-41(14)91-64(90)52(39(11)12)72-61(87)49(34-76)71-58(84)46(30-37(7)8)67-57(83)45(29-36(5)6)68-60(86)48(33-75)70-59(85)47(31-38(9)10)69-62(88)53(40(13)16-2)73-63(54)89/h35-49,52-54,75-77H,15-34H2,1-14H3,(H,65,78)(H,66,82)(H,67,83)(H,68,86)(H,69,88)(H,70,85)(H,71,84)(H,72,87)(H,73,89)(H,74,81)(H,79,80)/t40-,41?,42?,43-,44+,45+,46+,47+,48?,49?,52+,53?,54?/m1/s1. The minimum Gasteiger partial charge on any atom is -0.481 e. The number of rotatable bonds is 33. The number of amides is 10. The Labute approximate surface area is 538 Å². The number of aliphatic hydroxyl groups excluding tert-OH is 3. The number of hydrogen-bond donors (Lipinski definition) is 14. The molecule has 1 rings (SSSR count). The smallest absolute Gasteiger partial charge is 0.329 e. The Kier molecular flexibility index (Phi) is 39.3. The maximum Gasteiger partial charge on any atom is 0.329 e. The summed E-state index contributed by atoms with van der Waals surface area (Å²) in [4.78, 5) is 168. The predicted octanol–water partition coefficient (Wildman–Crippen LogP) is 2.19. The van der Waals surface area contributed by atoms with Gasteiger partial charge in [-0.2, -0.15) is 0 Å². The van der Waals surface area contributed by atoms with Crippen molar-refractivity contribution in [3.05, 3.63) is 0 Å². The van der Waals surface area contributed by atoms with Crippen molar-refractivity contribution in [2.75, 3.05) is 13.2 Å². The third-order valence-corrected chi connectivity index (χ3v) is 15.7. The summed E-state index contributed by atoms with van der Waals surface area (Å²) in [5, 5.41) is 67.0. The quantitative estimate of drug-likeness (QED) is 0.0331. The Morgan fingerprint density at radius 2 is 0.934 bits per heavy atom. The van der Waals surface area contributed by atoms with Gasteiger partial charge in [-0.3, -0.25) is 52.7 Å². The zero-order chi connectivity index (χ0) is 69.2. The highest BCUT2D eigenvalue weighted by Gasteiger charge is 2.41. The normalized spacial score (nSPS) is 23.6. The molecule has 0 aromatic rings. The Balaban J connectivity index is 4.02. The van der Waals surface area contributed by atoms with E-state index >= 15 is 0 Å². The van der Waals surface area contributed by atoms with Crippen LogP contribution in [0.2, 0.25) is 0 Å². The first-order chi connectivity index (χ1) is 42.7. The number of unbranched alkanes of at least 4 members (excludes halogenated alkanes) is 8. The van der Waals surface area contributed by atoms with E-state index < -0.39 is 182 Å². The van der Waals surface area contributed by atoms with Crippen molar-refractivity contribution < 1.29 is 82.7 Å². The molecule has 10 amide bonds. The van der Waals surface area contributed by atoms with Gasteiger partial charge in [0.2, 0.25) is 59.1 Å². The maximum absolute atomic E-state index is 15.0. The summed E-state index contributed by atoms with van der Waals surface area (Å²) in [6, 6.07) is -15.7. The van der Waals surface area contributed by atoms with E-state index in [1.165, 1.54) is 40.0 Å². The van der Waals surface area contributed by atoms with E-state index in [1.807, 2.05) is 0 Å². The number of hydrogen-bond acceptors (Lipinski definition) is 16. The molecule has 0 aromatic carbocycles. The fraction of sp³-hybridized carbons (Fsp3) is 0.812. The van der Waals surface area contributed by atoms with E-state index in [0.29, 0.717) is 12.8 Å². The minimum atomic E-state index is -1.99. The van der Waals surface area contributed by atoms with Crippen LogP contribution in [0.15, 0.2) is 0 Å². The summed E-state index contributed by atoms with van der Waals surface area (Å²) in [5.41, 5.74) is 0. The van der Waals surface area contributed by atoms with Gasteiger partial charge >= 0.3 is 11.9 Å². The molecule has 0 saturated carbocycles. The fourth-order valence-electron chi connectivity index (χ4n) is 10.3. The molecule has 522 valence electrons. The number of ether oxygens (including phenoxy) is 1. The molecule has 0 bridgehead atoms. The van der Waals surface area contributed by atoms with E-state index in [-0.39, 0.29) is 62.2 Å². The van der Waals surface area contributed by atoms with Gasteiger partial charge in [0, 0.05) is 6.42 Å². The molecule has 6 unspecified atom stereocenters. The van der Waals surface area contributed by atoms with Gasteiger partial charge in [0.25, 0.3) is 0 Å². The van der Waals surface area contributed by atoms with Crippen molar-refractivity contribution in [3.8, 4) is 0 Å². The lowest BCUT2D eigenvalue weighted by atomic mass is 9.96. The van der Waals surface area contributed by atoms with Crippen LogP contribution in [0, 0.1) is 35.5 Å². The SMILES string of the molecule is CCCCCCCCCCCC(O)CC(=O)N[C@@H](CC(C)C)C(=O)N[C@H](CCC(=O)O)C(=O)NC1C(=O)NC([C@H](C)CC)C(=O)N[C@@H](CC(C)C)C(=O)NC(CO)C(=O)N[C@@H](CC(C)C)C(=O)N[C@@H](CC(C)C)C(=O)NC(CO)C(=O)N[C@@H](C(C)C)C(=O)OC1C. The third-order valence-electron chi connectivity index (χ3n) is 15.7. The molecule has 14 N–H and O–H groups in total. The maximum atomic E-state index is 15.0. The van der Waals surface area contributed by atoms with Crippen LogP contribution in [0.1, 0.15) is 213 Å². The lowest BCUT2D eigenvalue weighted by molar-refractivity contribution is -0.157. The lowest BCUT2D eigenvalue weighted by Gasteiger charge is -2.32.